The molecule has 32 heavy (non-hydrogen) atoms. The van der Waals surface area contributed by atoms with Crippen molar-refractivity contribution in [3.05, 3.63) is 58.8 Å². The molecule has 3 rings (SSSR count). The number of rotatable bonds is 9. The number of anilines is 1. The molecule has 0 bridgehead atoms. The van der Waals surface area contributed by atoms with Crippen LogP contribution >= 0.6 is 0 Å². The zero-order valence-electron chi connectivity index (χ0n) is 17.5. The van der Waals surface area contributed by atoms with Crippen molar-refractivity contribution in [1.82, 2.24) is 10.3 Å². The minimum absolute atomic E-state index is 0.112. The van der Waals surface area contributed by atoms with Gasteiger partial charge < -0.3 is 15.7 Å². The third-order valence-corrected chi connectivity index (χ3v) is 5.37. The molecule has 1 aromatic carbocycles. The summed E-state index contributed by atoms with van der Waals surface area (Å²) in [6.07, 6.45) is -0.821. The van der Waals surface area contributed by atoms with Crippen molar-refractivity contribution >= 4 is 17.7 Å². The molecule has 1 atom stereocenters. The maximum Gasteiger partial charge on any atom is 0.416 e. The predicted octanol–water partition coefficient (Wildman–Crippen LogP) is 4.50. The minimum atomic E-state index is -4.55. The number of halogens is 3. The highest BCUT2D eigenvalue weighted by atomic mass is 19.4. The summed E-state index contributed by atoms with van der Waals surface area (Å²) >= 11 is 0. The van der Waals surface area contributed by atoms with E-state index < -0.39 is 36.1 Å². The normalized spacial score (nSPS) is 14.2. The number of hydrogen-bond donors (Lipinski definition) is 3. The molecule has 1 aliphatic rings. The molecule has 9 heteroatoms. The Hall–Kier alpha value is -3.10. The van der Waals surface area contributed by atoms with E-state index in [1.807, 2.05) is 6.07 Å². The molecule has 0 saturated carbocycles. The minimum Gasteiger partial charge on any atom is -0.481 e. The first kappa shape index (κ1) is 23.6. The van der Waals surface area contributed by atoms with E-state index in [0.717, 1.165) is 43.0 Å². The van der Waals surface area contributed by atoms with Crippen LogP contribution in [0.1, 0.15) is 60.5 Å². The van der Waals surface area contributed by atoms with Crippen molar-refractivity contribution in [3.63, 3.8) is 0 Å². The average Bonchev–Trinajstić information content (AvgIpc) is 2.75. The molecule has 0 fully saturated rings. The Labute approximate surface area is 184 Å². The molecule has 0 aliphatic carbocycles. The first-order valence-corrected chi connectivity index (χ1v) is 10.6. The lowest BCUT2D eigenvalue weighted by atomic mass is 10.0. The fourth-order valence-corrected chi connectivity index (χ4v) is 3.72. The Bertz CT molecular complexity index is 963. The van der Waals surface area contributed by atoms with Gasteiger partial charge in [0.2, 0.25) is 5.91 Å². The highest BCUT2D eigenvalue weighted by molar-refractivity contribution is 5.77. The molecule has 0 unspecified atom stereocenters. The summed E-state index contributed by atoms with van der Waals surface area (Å²) < 4.78 is 38.9. The van der Waals surface area contributed by atoms with E-state index in [1.54, 1.807) is 0 Å². The molecule has 172 valence electrons. The van der Waals surface area contributed by atoms with Crippen molar-refractivity contribution in [2.24, 2.45) is 0 Å². The van der Waals surface area contributed by atoms with Crippen molar-refractivity contribution in [2.75, 3.05) is 11.9 Å². The highest BCUT2D eigenvalue weighted by Crippen LogP contribution is 2.31. The van der Waals surface area contributed by atoms with E-state index in [2.05, 4.69) is 21.7 Å². The second kappa shape index (κ2) is 10.5. The van der Waals surface area contributed by atoms with Gasteiger partial charge in [-0.05, 0) is 61.4 Å². The number of unbranched alkanes of at least 4 members (excludes halogenated alkanes) is 1. The number of carboxylic acids is 1. The fraction of sp³-hybridized carbons (Fsp3) is 0.435. The Kier molecular flexibility index (Phi) is 7.71. The lowest BCUT2D eigenvalue weighted by Crippen LogP contribution is -2.30. The van der Waals surface area contributed by atoms with Crippen molar-refractivity contribution in [2.45, 2.75) is 57.2 Å². The number of aliphatic carboxylic acids is 1. The topological polar surface area (TPSA) is 91.3 Å². The van der Waals surface area contributed by atoms with E-state index in [4.69, 9.17) is 5.11 Å². The first-order valence-electron chi connectivity index (χ1n) is 10.6. The van der Waals surface area contributed by atoms with Gasteiger partial charge in [-0.1, -0.05) is 18.2 Å². The van der Waals surface area contributed by atoms with Crippen LogP contribution in [0, 0.1) is 0 Å². The maximum absolute atomic E-state index is 13.0. The van der Waals surface area contributed by atoms with Crippen LogP contribution in [0.25, 0.3) is 0 Å². The number of nitrogens with one attached hydrogen (secondary N) is 2. The fourth-order valence-electron chi connectivity index (χ4n) is 3.72. The molecule has 3 N–H and O–H groups in total. The van der Waals surface area contributed by atoms with Crippen LogP contribution in [0.5, 0.6) is 0 Å². The lowest BCUT2D eigenvalue weighted by molar-refractivity contribution is -0.138. The SMILES string of the molecule is O=C(O)C[C@H](NC(=O)CCCCc1ccc2c(n1)NCCC2)c1cccc(C(F)(F)F)c1. The van der Waals surface area contributed by atoms with Crippen LogP contribution in [0.2, 0.25) is 0 Å². The van der Waals surface area contributed by atoms with Gasteiger partial charge in [0.05, 0.1) is 18.0 Å². The third kappa shape index (κ3) is 6.70. The Morgan fingerprint density at radius 3 is 2.75 bits per heavy atom. The molecule has 1 aliphatic heterocycles. The summed E-state index contributed by atoms with van der Waals surface area (Å²) in [6.45, 7) is 0.910. The molecular weight excluding hydrogens is 423 g/mol. The van der Waals surface area contributed by atoms with Gasteiger partial charge >= 0.3 is 12.1 Å². The van der Waals surface area contributed by atoms with Crippen LogP contribution in [-0.2, 0) is 28.6 Å². The summed E-state index contributed by atoms with van der Waals surface area (Å²) in [7, 11) is 0. The number of amides is 1. The number of carbonyl (C=O) groups excluding carboxylic acids is 1. The molecule has 2 aromatic rings. The second-order valence-electron chi connectivity index (χ2n) is 7.89. The Morgan fingerprint density at radius 2 is 2.00 bits per heavy atom. The van der Waals surface area contributed by atoms with Crippen LogP contribution in [0.15, 0.2) is 36.4 Å². The third-order valence-electron chi connectivity index (χ3n) is 5.37. The van der Waals surface area contributed by atoms with Gasteiger partial charge in [0.25, 0.3) is 0 Å². The Balaban J connectivity index is 1.53. The molecule has 2 heterocycles. The average molecular weight is 449 g/mol. The molecule has 1 aromatic heterocycles. The van der Waals surface area contributed by atoms with E-state index in [-0.39, 0.29) is 12.0 Å². The van der Waals surface area contributed by atoms with Crippen LogP contribution in [0.4, 0.5) is 19.0 Å². The van der Waals surface area contributed by atoms with E-state index >= 15 is 0 Å². The van der Waals surface area contributed by atoms with Crippen molar-refractivity contribution in [3.8, 4) is 0 Å². The van der Waals surface area contributed by atoms with Gasteiger partial charge in [-0.3, -0.25) is 9.59 Å². The Morgan fingerprint density at radius 1 is 1.19 bits per heavy atom. The number of fused-ring (bicyclic) bond motifs is 1. The van der Waals surface area contributed by atoms with Crippen LogP contribution < -0.4 is 10.6 Å². The molecule has 0 spiro atoms. The highest BCUT2D eigenvalue weighted by Gasteiger charge is 2.31. The van der Waals surface area contributed by atoms with E-state index in [9.17, 15) is 22.8 Å². The van der Waals surface area contributed by atoms with Crippen LogP contribution in [0.3, 0.4) is 0 Å². The number of hydrogen-bond acceptors (Lipinski definition) is 4. The van der Waals surface area contributed by atoms with Crippen molar-refractivity contribution < 1.29 is 27.9 Å². The number of aryl methyl sites for hydroxylation is 2. The number of aromatic nitrogens is 1. The van der Waals surface area contributed by atoms with Gasteiger partial charge in [0.15, 0.2) is 0 Å². The second-order valence-corrected chi connectivity index (χ2v) is 7.89. The van der Waals surface area contributed by atoms with Crippen molar-refractivity contribution in [1.29, 1.82) is 0 Å². The lowest BCUT2D eigenvalue weighted by Gasteiger charge is -2.19. The number of benzene rings is 1. The summed E-state index contributed by atoms with van der Waals surface area (Å²) in [5.41, 5.74) is 1.37. The molecule has 0 radical (unpaired) electrons. The number of nitrogens with zero attached hydrogens (tertiary/aromatic N) is 1. The van der Waals surface area contributed by atoms with Gasteiger partial charge in [0.1, 0.15) is 5.82 Å². The molecule has 0 saturated heterocycles. The summed E-state index contributed by atoms with van der Waals surface area (Å²) in [5, 5.41) is 15.0. The zero-order chi connectivity index (χ0) is 23.1. The zero-order valence-corrected chi connectivity index (χ0v) is 17.5. The number of alkyl halides is 3. The number of carboxylic acid groups (broad SMARTS) is 1. The predicted molar refractivity (Wildman–Crippen MR) is 113 cm³/mol. The molecule has 6 nitrogen and oxygen atoms in total. The van der Waals surface area contributed by atoms with Gasteiger partial charge in [-0.25, -0.2) is 4.98 Å². The monoisotopic (exact) mass is 449 g/mol. The molecule has 1 amide bonds. The number of pyridine rings is 1. The summed E-state index contributed by atoms with van der Waals surface area (Å²) in [5.74, 6) is -0.683. The first-order chi connectivity index (χ1) is 15.2. The van der Waals surface area contributed by atoms with Gasteiger partial charge in [-0.2, -0.15) is 13.2 Å². The maximum atomic E-state index is 13.0. The summed E-state index contributed by atoms with van der Waals surface area (Å²) in [4.78, 5) is 28.1. The van der Waals surface area contributed by atoms with Crippen LogP contribution in [-0.4, -0.2) is 28.5 Å². The smallest absolute Gasteiger partial charge is 0.416 e. The summed E-state index contributed by atoms with van der Waals surface area (Å²) in [6, 6.07) is 7.41. The number of carbonyl (C=O) groups is 2. The van der Waals surface area contributed by atoms with E-state index in [1.165, 1.54) is 17.7 Å². The largest absolute Gasteiger partial charge is 0.481 e. The molecular formula is C23H26F3N3O3. The van der Waals surface area contributed by atoms with E-state index in [0.29, 0.717) is 19.3 Å². The van der Waals surface area contributed by atoms with Gasteiger partial charge in [0, 0.05) is 18.7 Å². The standard InChI is InChI=1S/C23H26F3N3O3/c24-23(25,26)17-7-3-5-16(13-17)19(14-21(31)32)29-20(30)9-2-1-8-18-11-10-15-6-4-12-27-22(15)28-18/h3,5,7,10-11,13,19H,1-2,4,6,8-9,12,14H2,(H,27,28)(H,29,30)(H,31,32)/t19-/m0/s1. The quantitative estimate of drug-likeness (QED) is 0.490. The van der Waals surface area contributed by atoms with Gasteiger partial charge in [-0.15, -0.1) is 0 Å².